The Hall–Kier alpha value is -2.26. The van der Waals surface area contributed by atoms with Gasteiger partial charge in [0.25, 0.3) is 0 Å². The highest BCUT2D eigenvalue weighted by Gasteiger charge is 2.39. The van der Waals surface area contributed by atoms with E-state index < -0.39 is 0 Å². The third kappa shape index (κ3) is 12.5. The topological polar surface area (TPSA) is 0 Å². The van der Waals surface area contributed by atoms with Gasteiger partial charge in [-0.15, -0.1) is 0 Å². The molecule has 0 saturated carbocycles. The third-order valence-electron chi connectivity index (χ3n) is 11.8. The number of hydrogen-bond donors (Lipinski definition) is 0. The van der Waals surface area contributed by atoms with Crippen LogP contribution in [0.5, 0.6) is 0 Å². The molecule has 4 aromatic rings. The smallest absolute Gasteiger partial charge is 0.0101 e. The quantitative estimate of drug-likeness (QED) is 0.140. The van der Waals surface area contributed by atoms with Gasteiger partial charge in [0.15, 0.2) is 0 Å². The number of rotatable bonds is 10. The molecule has 0 bridgehead atoms. The SMILES string of the molecule is CC(C)c1cc(C(C)C)c(-c2ccccc2P(C(C)(C)C)C(C)(C)C)c(C(C)C)c1.CC(C)c1cc(C(C)C)c(-c2ccccc2P(C(C)(C)C)C(C)(C)C)c(C(C)C)c1. The molecule has 332 valence electrons. The molecule has 60 heavy (non-hydrogen) atoms. The zero-order chi connectivity index (χ0) is 46.0. The highest BCUT2D eigenvalue weighted by Crippen LogP contribution is 2.61. The minimum absolute atomic E-state index is 0.248. The Kier molecular flexibility index (Phi) is 17.4. The Bertz CT molecular complexity index is 1770. The van der Waals surface area contributed by atoms with Crippen molar-refractivity contribution < 1.29 is 0 Å². The number of hydrogen-bond acceptors (Lipinski definition) is 0. The van der Waals surface area contributed by atoms with Gasteiger partial charge in [-0.25, -0.2) is 0 Å². The molecule has 0 radical (unpaired) electrons. The fraction of sp³-hybridized carbons (Fsp3) is 0.586. The van der Waals surface area contributed by atoms with Crippen LogP contribution in [0.15, 0.2) is 72.8 Å². The Balaban J connectivity index is 0.000000320. The van der Waals surface area contributed by atoms with Crippen molar-refractivity contribution in [2.45, 2.75) is 222 Å². The summed E-state index contributed by atoms with van der Waals surface area (Å²) < 4.78 is 0. The van der Waals surface area contributed by atoms with Crippen LogP contribution in [0.4, 0.5) is 0 Å². The second-order valence-corrected chi connectivity index (χ2v) is 31.1. The van der Waals surface area contributed by atoms with E-state index in [0.717, 1.165) is 0 Å². The van der Waals surface area contributed by atoms with Crippen LogP contribution in [0, 0.1) is 0 Å². The summed E-state index contributed by atoms with van der Waals surface area (Å²) in [5.74, 6) is 3.09. The van der Waals surface area contributed by atoms with Gasteiger partial charge >= 0.3 is 0 Å². The average Bonchev–Trinajstić information content (AvgIpc) is 3.08. The molecule has 4 rings (SSSR count). The molecule has 0 aliphatic carbocycles. The lowest BCUT2D eigenvalue weighted by Gasteiger charge is -2.43. The summed E-state index contributed by atoms with van der Waals surface area (Å²) >= 11 is 0. The summed E-state index contributed by atoms with van der Waals surface area (Å²) in [5.41, 5.74) is 14.9. The van der Waals surface area contributed by atoms with Crippen molar-refractivity contribution in [1.82, 2.24) is 0 Å². The summed E-state index contributed by atoms with van der Waals surface area (Å²) in [5, 5.41) is 4.12. The van der Waals surface area contributed by atoms with Gasteiger partial charge in [0.05, 0.1) is 0 Å². The maximum absolute atomic E-state index is 2.49. The third-order valence-corrected chi connectivity index (χ3v) is 18.9. The van der Waals surface area contributed by atoms with Crippen molar-refractivity contribution in [2.24, 2.45) is 0 Å². The van der Waals surface area contributed by atoms with E-state index >= 15 is 0 Å². The average molecular weight is 849 g/mol. The van der Waals surface area contributed by atoms with Crippen molar-refractivity contribution in [2.75, 3.05) is 0 Å². The predicted octanol–water partition coefficient (Wildman–Crippen LogP) is 18.9. The lowest BCUT2D eigenvalue weighted by Crippen LogP contribution is -2.32. The van der Waals surface area contributed by atoms with E-state index in [4.69, 9.17) is 0 Å². The van der Waals surface area contributed by atoms with Crippen LogP contribution in [-0.2, 0) is 0 Å². The molecule has 0 fully saturated rings. The Morgan fingerprint density at radius 3 is 0.717 bits per heavy atom. The van der Waals surface area contributed by atoms with E-state index in [2.05, 4.69) is 239 Å². The molecule has 0 atom stereocenters. The Labute approximate surface area is 375 Å². The predicted molar refractivity (Wildman–Crippen MR) is 280 cm³/mol. The standard InChI is InChI=1S/2C29H45P/c2*1-19(2)22-17-24(20(3)4)27(25(18-22)21(5)6)23-15-13-14-16-26(23)30(28(7,8)9)29(10,11)12/h2*13-21H,1-12H3. The zero-order valence-electron chi connectivity index (χ0n) is 43.3. The van der Waals surface area contributed by atoms with Crippen molar-refractivity contribution in [3.05, 3.63) is 106 Å². The zero-order valence-corrected chi connectivity index (χ0v) is 45.1. The van der Waals surface area contributed by atoms with E-state index in [1.807, 2.05) is 0 Å². The van der Waals surface area contributed by atoms with Crippen molar-refractivity contribution >= 4 is 26.5 Å². The molecular weight excluding hydrogens is 759 g/mol. The van der Waals surface area contributed by atoms with E-state index in [9.17, 15) is 0 Å². The van der Waals surface area contributed by atoms with E-state index in [0.29, 0.717) is 35.5 Å². The van der Waals surface area contributed by atoms with Crippen LogP contribution in [0.1, 0.15) is 235 Å². The fourth-order valence-electron chi connectivity index (χ4n) is 9.75. The summed E-state index contributed by atoms with van der Waals surface area (Å²) in [6.07, 6.45) is 0. The van der Waals surface area contributed by atoms with Crippen LogP contribution >= 0.6 is 15.8 Å². The second-order valence-electron chi connectivity index (χ2n) is 23.5. The molecule has 0 heterocycles. The minimum atomic E-state index is -0.366. The van der Waals surface area contributed by atoms with E-state index in [1.54, 1.807) is 10.6 Å². The molecule has 0 saturated heterocycles. The monoisotopic (exact) mass is 849 g/mol. The van der Waals surface area contributed by atoms with Crippen molar-refractivity contribution in [1.29, 1.82) is 0 Å². The van der Waals surface area contributed by atoms with Gasteiger partial charge < -0.3 is 0 Å². The van der Waals surface area contributed by atoms with Gasteiger partial charge in [0, 0.05) is 0 Å². The Morgan fingerprint density at radius 2 is 0.533 bits per heavy atom. The van der Waals surface area contributed by atoms with Crippen LogP contribution in [-0.4, -0.2) is 20.6 Å². The fourth-order valence-corrected chi connectivity index (χ4v) is 18.0. The summed E-state index contributed by atoms with van der Waals surface area (Å²) in [7, 11) is -0.731. The maximum atomic E-state index is 2.49. The van der Waals surface area contributed by atoms with Gasteiger partial charge in [-0.1, -0.05) is 255 Å². The highest BCUT2D eigenvalue weighted by atomic mass is 31.1. The van der Waals surface area contributed by atoms with Crippen molar-refractivity contribution in [3.8, 4) is 22.3 Å². The molecule has 0 amide bonds. The maximum Gasteiger partial charge on any atom is -0.0101 e. The second kappa shape index (κ2) is 20.1. The first kappa shape index (κ1) is 52.1. The van der Waals surface area contributed by atoms with Crippen molar-refractivity contribution in [3.63, 3.8) is 0 Å². The normalized spacial score (nSPS) is 13.2. The molecule has 0 aliphatic rings. The minimum Gasteiger partial charge on any atom is -0.0636 e. The summed E-state index contributed by atoms with van der Waals surface area (Å²) in [6.45, 7) is 57.2. The molecule has 0 aliphatic heterocycles. The lowest BCUT2D eigenvalue weighted by atomic mass is 9.82. The largest absolute Gasteiger partial charge is 0.0636 e. The van der Waals surface area contributed by atoms with Gasteiger partial charge in [0.2, 0.25) is 0 Å². The Morgan fingerprint density at radius 1 is 0.317 bits per heavy atom. The molecule has 0 aromatic heterocycles. The van der Waals surface area contributed by atoms with Crippen LogP contribution < -0.4 is 10.6 Å². The van der Waals surface area contributed by atoms with Gasteiger partial charge in [0.1, 0.15) is 0 Å². The van der Waals surface area contributed by atoms with Crippen LogP contribution in [0.3, 0.4) is 0 Å². The van der Waals surface area contributed by atoms with E-state index in [-0.39, 0.29) is 36.5 Å². The molecule has 0 unspecified atom stereocenters. The van der Waals surface area contributed by atoms with Crippen LogP contribution in [0.25, 0.3) is 22.3 Å². The van der Waals surface area contributed by atoms with Gasteiger partial charge in [-0.05, 0) is 122 Å². The van der Waals surface area contributed by atoms with Crippen LogP contribution in [0.2, 0.25) is 0 Å². The molecule has 4 aromatic carbocycles. The first-order chi connectivity index (χ1) is 27.3. The number of benzene rings is 4. The highest BCUT2D eigenvalue weighted by molar-refractivity contribution is 7.69. The molecule has 0 spiro atoms. The van der Waals surface area contributed by atoms with Gasteiger partial charge in [-0.3, -0.25) is 0 Å². The summed E-state index contributed by atoms with van der Waals surface area (Å²) in [6, 6.07) is 28.6. The first-order valence-corrected chi connectivity index (χ1v) is 26.1. The lowest BCUT2D eigenvalue weighted by molar-refractivity contribution is 0.714. The van der Waals surface area contributed by atoms with E-state index in [1.165, 1.54) is 55.6 Å². The molecule has 0 N–H and O–H groups in total. The summed E-state index contributed by atoms with van der Waals surface area (Å²) in [4.78, 5) is 0. The molecule has 2 heteroatoms. The molecule has 0 nitrogen and oxygen atoms in total. The first-order valence-electron chi connectivity index (χ1n) is 23.5. The molecular formula is C58H90P2. The van der Waals surface area contributed by atoms with Gasteiger partial charge in [-0.2, -0.15) is 0 Å².